The van der Waals surface area contributed by atoms with Crippen LogP contribution < -0.4 is 0 Å². The van der Waals surface area contributed by atoms with E-state index in [4.69, 9.17) is 15.4 Å². The smallest absolute Gasteiger partial charge is 0.261 e. The Balaban J connectivity index is 2.22. The number of carbonyl (C=O) groups excluding carboxylic acids is 1. The summed E-state index contributed by atoms with van der Waals surface area (Å²) >= 11 is 3.20. The van der Waals surface area contributed by atoms with Crippen molar-refractivity contribution in [1.82, 2.24) is 4.90 Å². The first-order valence-electron chi connectivity index (χ1n) is 6.38. The molecule has 0 spiro atoms. The van der Waals surface area contributed by atoms with E-state index in [0.717, 1.165) is 12.8 Å². The van der Waals surface area contributed by atoms with Crippen molar-refractivity contribution in [2.75, 3.05) is 20.2 Å². The molecule has 0 unspecified atom stereocenters. The predicted octanol–water partition coefficient (Wildman–Crippen LogP) is 2.63. The van der Waals surface area contributed by atoms with Crippen LogP contribution in [0, 0.1) is 0 Å². The van der Waals surface area contributed by atoms with Crippen LogP contribution in [0.15, 0.2) is 27.6 Å². The van der Waals surface area contributed by atoms with Crippen molar-refractivity contribution in [3.05, 3.63) is 28.2 Å². The summed E-state index contributed by atoms with van der Waals surface area (Å²) in [6, 6.07) is 4.27. The van der Waals surface area contributed by atoms with Crippen molar-refractivity contribution in [2.24, 2.45) is 0 Å². The number of methoxy groups -OCH3 is 1. The van der Waals surface area contributed by atoms with E-state index in [-0.39, 0.29) is 16.9 Å². The average molecular weight is 397 g/mol. The highest BCUT2D eigenvalue weighted by atomic mass is 79.9. The van der Waals surface area contributed by atoms with Gasteiger partial charge in [0.15, 0.2) is 0 Å². The van der Waals surface area contributed by atoms with Crippen LogP contribution in [-0.2, 0) is 13.8 Å². The van der Waals surface area contributed by atoms with Crippen LogP contribution >= 0.6 is 26.6 Å². The molecule has 116 valence electrons. The van der Waals surface area contributed by atoms with Gasteiger partial charge in [0, 0.05) is 40.9 Å². The predicted molar refractivity (Wildman–Crippen MR) is 83.1 cm³/mol. The third kappa shape index (κ3) is 4.18. The number of amides is 1. The summed E-state index contributed by atoms with van der Waals surface area (Å²) in [4.78, 5) is 14.1. The lowest BCUT2D eigenvalue weighted by Crippen LogP contribution is -2.40. The molecule has 0 saturated carbocycles. The molecule has 1 aromatic carbocycles. The van der Waals surface area contributed by atoms with Crippen LogP contribution in [0.2, 0.25) is 0 Å². The van der Waals surface area contributed by atoms with Crippen molar-refractivity contribution < 1.29 is 17.9 Å². The van der Waals surface area contributed by atoms with Crippen molar-refractivity contribution in [2.45, 2.75) is 23.8 Å². The molecule has 0 radical (unpaired) electrons. The summed E-state index contributed by atoms with van der Waals surface area (Å²) in [6.07, 6.45) is 1.73. The normalized spacial score (nSPS) is 17.0. The van der Waals surface area contributed by atoms with Crippen molar-refractivity contribution in [3.8, 4) is 0 Å². The molecule has 0 N–H and O–H groups in total. The molecule has 1 aromatic rings. The molecule has 2 rings (SSSR count). The number of carbonyl (C=O) groups is 1. The van der Waals surface area contributed by atoms with Gasteiger partial charge in [0.2, 0.25) is 0 Å². The van der Waals surface area contributed by atoms with Crippen molar-refractivity contribution >= 4 is 41.6 Å². The van der Waals surface area contributed by atoms with Crippen LogP contribution in [0.4, 0.5) is 0 Å². The quantitative estimate of drug-likeness (QED) is 0.737. The molecule has 5 nitrogen and oxygen atoms in total. The summed E-state index contributed by atoms with van der Waals surface area (Å²) in [5.41, 5.74) is 0.305. The highest BCUT2D eigenvalue weighted by molar-refractivity contribution is 9.10. The van der Waals surface area contributed by atoms with E-state index >= 15 is 0 Å². The van der Waals surface area contributed by atoms with Crippen LogP contribution in [0.25, 0.3) is 0 Å². The number of nitrogens with zero attached hydrogens (tertiary/aromatic N) is 1. The van der Waals surface area contributed by atoms with E-state index in [1.165, 1.54) is 12.1 Å². The zero-order valence-electron chi connectivity index (χ0n) is 11.4. The van der Waals surface area contributed by atoms with Gasteiger partial charge in [-0.05, 0) is 31.0 Å². The maximum atomic E-state index is 12.5. The Kier molecular flexibility index (Phi) is 5.29. The minimum Gasteiger partial charge on any atom is -0.381 e. The highest BCUT2D eigenvalue weighted by Gasteiger charge is 2.24. The van der Waals surface area contributed by atoms with Gasteiger partial charge in [0.25, 0.3) is 15.0 Å². The van der Waals surface area contributed by atoms with Gasteiger partial charge >= 0.3 is 0 Å². The molecule has 1 aliphatic heterocycles. The van der Waals surface area contributed by atoms with Crippen LogP contribution in [0.1, 0.15) is 23.2 Å². The lowest BCUT2D eigenvalue weighted by Gasteiger charge is -2.31. The maximum Gasteiger partial charge on any atom is 0.261 e. The molecule has 1 heterocycles. The second kappa shape index (κ2) is 6.64. The molecule has 1 saturated heterocycles. The molecule has 1 aliphatic rings. The minimum absolute atomic E-state index is 0.0892. The molecule has 0 bridgehead atoms. The Bertz CT molecular complexity index is 642. The fourth-order valence-corrected chi connectivity index (χ4v) is 3.75. The molecule has 0 aliphatic carbocycles. The third-order valence-corrected chi connectivity index (χ3v) is 5.25. The Morgan fingerprint density at radius 1 is 1.33 bits per heavy atom. The topological polar surface area (TPSA) is 63.7 Å². The molecule has 1 amide bonds. The zero-order valence-corrected chi connectivity index (χ0v) is 14.5. The van der Waals surface area contributed by atoms with Gasteiger partial charge in [-0.25, -0.2) is 8.42 Å². The number of rotatable bonds is 3. The molecule has 21 heavy (non-hydrogen) atoms. The van der Waals surface area contributed by atoms with Gasteiger partial charge < -0.3 is 9.64 Å². The van der Waals surface area contributed by atoms with Crippen molar-refractivity contribution in [3.63, 3.8) is 0 Å². The molecule has 1 fully saturated rings. The second-order valence-corrected chi connectivity index (χ2v) is 8.32. The lowest BCUT2D eigenvalue weighted by atomic mass is 10.1. The van der Waals surface area contributed by atoms with Gasteiger partial charge in [-0.2, -0.15) is 0 Å². The molecule has 0 aromatic heterocycles. The zero-order chi connectivity index (χ0) is 15.6. The van der Waals surface area contributed by atoms with E-state index < -0.39 is 9.05 Å². The summed E-state index contributed by atoms with van der Waals surface area (Å²) < 4.78 is 28.6. The third-order valence-electron chi connectivity index (χ3n) is 3.46. The SMILES string of the molecule is COC1CCN(C(=O)c2cc(Br)cc(S(=O)(=O)Cl)c2)CC1. The fourth-order valence-electron chi connectivity index (χ4n) is 2.30. The first-order chi connectivity index (χ1) is 9.81. The minimum atomic E-state index is -3.87. The first kappa shape index (κ1) is 16.7. The summed E-state index contributed by atoms with van der Waals surface area (Å²) in [6.45, 7) is 1.18. The van der Waals surface area contributed by atoms with Gasteiger partial charge in [0.1, 0.15) is 0 Å². The Morgan fingerprint density at radius 3 is 2.48 bits per heavy atom. The molecular weight excluding hydrogens is 382 g/mol. The Labute approximate surface area is 136 Å². The highest BCUT2D eigenvalue weighted by Crippen LogP contribution is 2.24. The summed E-state index contributed by atoms with van der Waals surface area (Å²) in [7, 11) is 3.13. The molecular formula is C13H15BrClNO4S. The van der Waals surface area contributed by atoms with Gasteiger partial charge in [-0.1, -0.05) is 15.9 Å². The Morgan fingerprint density at radius 2 is 1.95 bits per heavy atom. The fraction of sp³-hybridized carbons (Fsp3) is 0.462. The average Bonchev–Trinajstić information content (AvgIpc) is 2.45. The monoisotopic (exact) mass is 395 g/mol. The van der Waals surface area contributed by atoms with Crippen LogP contribution in [-0.4, -0.2) is 45.5 Å². The first-order valence-corrected chi connectivity index (χ1v) is 9.49. The van der Waals surface area contributed by atoms with E-state index in [0.29, 0.717) is 23.1 Å². The number of hydrogen-bond donors (Lipinski definition) is 0. The second-order valence-electron chi connectivity index (χ2n) is 4.84. The van der Waals surface area contributed by atoms with Crippen LogP contribution in [0.5, 0.6) is 0 Å². The van der Waals surface area contributed by atoms with Gasteiger partial charge in [0.05, 0.1) is 11.0 Å². The number of benzene rings is 1. The van der Waals surface area contributed by atoms with E-state index in [1.807, 2.05) is 0 Å². The van der Waals surface area contributed by atoms with E-state index in [2.05, 4.69) is 15.9 Å². The number of hydrogen-bond acceptors (Lipinski definition) is 4. The largest absolute Gasteiger partial charge is 0.381 e. The Hall–Kier alpha value is -0.630. The maximum absolute atomic E-state index is 12.5. The number of piperidine rings is 1. The number of halogens is 2. The molecule has 0 atom stereocenters. The number of likely N-dealkylation sites (tertiary alicyclic amines) is 1. The number of ether oxygens (including phenoxy) is 1. The molecule has 8 heteroatoms. The summed E-state index contributed by atoms with van der Waals surface area (Å²) in [5.74, 6) is -0.201. The van der Waals surface area contributed by atoms with E-state index in [9.17, 15) is 13.2 Å². The van der Waals surface area contributed by atoms with Crippen LogP contribution in [0.3, 0.4) is 0 Å². The standard InChI is InChI=1S/C13H15BrClNO4S/c1-20-11-2-4-16(5-3-11)13(17)9-6-10(14)8-12(7-9)21(15,18)19/h6-8,11H,2-5H2,1H3. The van der Waals surface area contributed by atoms with E-state index in [1.54, 1.807) is 18.1 Å². The van der Waals surface area contributed by atoms with Crippen molar-refractivity contribution in [1.29, 1.82) is 0 Å². The van der Waals surface area contributed by atoms with Gasteiger partial charge in [-0.3, -0.25) is 4.79 Å². The van der Waals surface area contributed by atoms with Gasteiger partial charge in [-0.15, -0.1) is 0 Å². The lowest BCUT2D eigenvalue weighted by molar-refractivity contribution is 0.0350. The summed E-state index contributed by atoms with van der Waals surface area (Å²) in [5, 5.41) is 0.